The van der Waals surface area contributed by atoms with Gasteiger partial charge in [-0.05, 0) is 25.1 Å². The molecule has 24 heavy (non-hydrogen) atoms. The second-order valence-electron chi connectivity index (χ2n) is 4.80. The van der Waals surface area contributed by atoms with E-state index in [2.05, 4.69) is 30.6 Å². The third kappa shape index (κ3) is 4.56. The molecule has 0 spiro atoms. The molecule has 1 aromatic carbocycles. The summed E-state index contributed by atoms with van der Waals surface area (Å²) in [6.07, 6.45) is 2.66. The Morgan fingerprint density at radius 3 is 2.83 bits per heavy atom. The van der Waals surface area contributed by atoms with Crippen LogP contribution in [0.2, 0.25) is 0 Å². The van der Waals surface area contributed by atoms with Crippen LogP contribution in [0.1, 0.15) is 12.6 Å². The Balaban J connectivity index is 2.31. The predicted molar refractivity (Wildman–Crippen MR) is 86.7 cm³/mol. The van der Waals surface area contributed by atoms with Crippen molar-refractivity contribution in [1.29, 1.82) is 0 Å². The third-order valence-corrected chi connectivity index (χ3v) is 5.04. The SMILES string of the molecule is CCOc1ccc(Br)cc1S(=O)(=O)N[C@@H](Cc1cnc[nH]1)C(=O)[O-]. The summed E-state index contributed by atoms with van der Waals surface area (Å²) in [7, 11) is -4.14. The number of hydrogen-bond acceptors (Lipinski definition) is 6. The van der Waals surface area contributed by atoms with Gasteiger partial charge in [0.2, 0.25) is 10.0 Å². The van der Waals surface area contributed by atoms with Crippen molar-refractivity contribution in [2.45, 2.75) is 24.3 Å². The topological polar surface area (TPSA) is 124 Å². The molecule has 0 unspecified atom stereocenters. The number of sulfonamides is 1. The second-order valence-corrected chi connectivity index (χ2v) is 7.40. The molecule has 1 heterocycles. The molecule has 8 nitrogen and oxygen atoms in total. The molecule has 0 saturated heterocycles. The van der Waals surface area contributed by atoms with Gasteiger partial charge in [0, 0.05) is 22.8 Å². The first-order chi connectivity index (χ1) is 11.3. The van der Waals surface area contributed by atoms with Crippen molar-refractivity contribution in [3.05, 3.63) is 40.9 Å². The number of nitrogens with one attached hydrogen (secondary N) is 2. The van der Waals surface area contributed by atoms with Crippen LogP contribution in [0.5, 0.6) is 5.75 Å². The number of carbonyl (C=O) groups excluding carboxylic acids is 1. The van der Waals surface area contributed by atoms with Gasteiger partial charge >= 0.3 is 0 Å². The van der Waals surface area contributed by atoms with E-state index in [1.165, 1.54) is 24.7 Å². The largest absolute Gasteiger partial charge is 0.548 e. The molecule has 1 aromatic heterocycles. The fourth-order valence-electron chi connectivity index (χ4n) is 2.01. The third-order valence-electron chi connectivity index (χ3n) is 3.06. The number of carbonyl (C=O) groups is 1. The minimum Gasteiger partial charge on any atom is -0.548 e. The first-order valence-electron chi connectivity index (χ1n) is 6.96. The van der Waals surface area contributed by atoms with Crippen LogP contribution in [-0.4, -0.2) is 37.0 Å². The molecule has 1 atom stereocenters. The maximum atomic E-state index is 12.6. The lowest BCUT2D eigenvalue weighted by atomic mass is 10.2. The van der Waals surface area contributed by atoms with Gasteiger partial charge in [-0.1, -0.05) is 15.9 Å². The van der Waals surface area contributed by atoms with Crippen molar-refractivity contribution < 1.29 is 23.1 Å². The van der Waals surface area contributed by atoms with Crippen LogP contribution < -0.4 is 14.6 Å². The molecule has 0 radical (unpaired) electrons. The smallest absolute Gasteiger partial charge is 0.244 e. The van der Waals surface area contributed by atoms with E-state index in [9.17, 15) is 18.3 Å². The van der Waals surface area contributed by atoms with Gasteiger partial charge in [-0.25, -0.2) is 18.1 Å². The minimum absolute atomic E-state index is 0.125. The highest BCUT2D eigenvalue weighted by Crippen LogP contribution is 2.27. The molecule has 2 aromatic rings. The number of carboxylic acids is 1. The van der Waals surface area contributed by atoms with E-state index in [-0.39, 0.29) is 23.7 Å². The standard InChI is InChI=1S/C14H16BrN3O5S/c1-2-23-12-4-3-9(15)5-13(12)24(21,22)18-11(14(19)20)6-10-7-16-8-17-10/h3-5,7-8,11,18H,2,6H2,1H3,(H,16,17)(H,19,20)/p-1/t11-/m0/s1. The number of halogens is 1. The van der Waals surface area contributed by atoms with Gasteiger partial charge in [0.05, 0.1) is 24.9 Å². The van der Waals surface area contributed by atoms with Crippen LogP contribution in [0.15, 0.2) is 40.1 Å². The number of aliphatic carboxylic acids is 1. The number of nitrogens with zero attached hydrogens (tertiary/aromatic N) is 1. The summed E-state index contributed by atoms with van der Waals surface area (Å²) >= 11 is 3.19. The van der Waals surface area contributed by atoms with E-state index < -0.39 is 22.0 Å². The fourth-order valence-corrected chi connectivity index (χ4v) is 3.87. The van der Waals surface area contributed by atoms with E-state index in [0.29, 0.717) is 10.2 Å². The summed E-state index contributed by atoms with van der Waals surface area (Å²) in [6.45, 7) is 1.98. The van der Waals surface area contributed by atoms with Crippen LogP contribution in [0.25, 0.3) is 0 Å². The fraction of sp³-hybridized carbons (Fsp3) is 0.286. The van der Waals surface area contributed by atoms with Crippen molar-refractivity contribution in [3.8, 4) is 5.75 Å². The summed E-state index contributed by atoms with van der Waals surface area (Å²) < 4.78 is 33.1. The maximum Gasteiger partial charge on any atom is 0.244 e. The molecule has 10 heteroatoms. The maximum absolute atomic E-state index is 12.6. The van der Waals surface area contributed by atoms with Crippen molar-refractivity contribution >= 4 is 31.9 Å². The van der Waals surface area contributed by atoms with E-state index >= 15 is 0 Å². The van der Waals surface area contributed by atoms with Crippen LogP contribution >= 0.6 is 15.9 Å². The predicted octanol–water partition coefficient (Wildman–Crippen LogP) is 0.210. The van der Waals surface area contributed by atoms with E-state index in [4.69, 9.17) is 4.74 Å². The highest BCUT2D eigenvalue weighted by molar-refractivity contribution is 9.10. The van der Waals surface area contributed by atoms with Crippen LogP contribution in [0.3, 0.4) is 0 Å². The number of H-pyrrole nitrogens is 1. The van der Waals surface area contributed by atoms with E-state index in [1.807, 2.05) is 0 Å². The average Bonchev–Trinajstić information content (AvgIpc) is 3.01. The van der Waals surface area contributed by atoms with Crippen LogP contribution in [0, 0.1) is 0 Å². The summed E-state index contributed by atoms with van der Waals surface area (Å²) in [4.78, 5) is 17.6. The Bertz CT molecular complexity index is 808. The normalized spacial score (nSPS) is 12.8. The zero-order valence-electron chi connectivity index (χ0n) is 12.7. The molecule has 130 valence electrons. The molecule has 0 aliphatic rings. The number of hydrogen-bond donors (Lipinski definition) is 2. The minimum atomic E-state index is -4.14. The summed E-state index contributed by atoms with van der Waals surface area (Å²) in [5.74, 6) is -1.41. The van der Waals surface area contributed by atoms with Gasteiger partial charge in [0.15, 0.2) is 0 Å². The number of imidazole rings is 1. The van der Waals surface area contributed by atoms with Crippen molar-refractivity contribution in [3.63, 3.8) is 0 Å². The monoisotopic (exact) mass is 416 g/mol. The van der Waals surface area contributed by atoms with Crippen LogP contribution in [-0.2, 0) is 21.2 Å². The number of aromatic nitrogens is 2. The molecular weight excluding hydrogens is 402 g/mol. The highest BCUT2D eigenvalue weighted by atomic mass is 79.9. The molecule has 2 N–H and O–H groups in total. The molecule has 2 rings (SSSR count). The first-order valence-corrected chi connectivity index (χ1v) is 9.24. The summed E-state index contributed by atoms with van der Waals surface area (Å²) in [5.41, 5.74) is 0.464. The zero-order chi connectivity index (χ0) is 17.7. The Labute approximate surface area is 147 Å². The Morgan fingerprint density at radius 1 is 1.50 bits per heavy atom. The van der Waals surface area contributed by atoms with Gasteiger partial charge in [0.1, 0.15) is 10.6 Å². The number of ether oxygens (including phenoxy) is 1. The number of rotatable bonds is 8. The number of aromatic amines is 1. The average molecular weight is 417 g/mol. The van der Waals surface area contributed by atoms with Crippen molar-refractivity contribution in [1.82, 2.24) is 14.7 Å². The van der Waals surface area contributed by atoms with Gasteiger partial charge in [-0.15, -0.1) is 0 Å². The van der Waals surface area contributed by atoms with Gasteiger partial charge in [0.25, 0.3) is 0 Å². The molecular formula is C14H15BrN3O5S-. The molecule has 0 amide bonds. The molecule has 0 bridgehead atoms. The molecule has 0 saturated carbocycles. The van der Waals surface area contributed by atoms with Crippen LogP contribution in [0.4, 0.5) is 0 Å². The lowest BCUT2D eigenvalue weighted by molar-refractivity contribution is -0.307. The van der Waals surface area contributed by atoms with Gasteiger partial charge in [-0.2, -0.15) is 0 Å². The number of benzene rings is 1. The quantitative estimate of drug-likeness (QED) is 0.633. The van der Waals surface area contributed by atoms with E-state index in [1.54, 1.807) is 13.0 Å². The first kappa shape index (κ1) is 18.4. The molecule has 0 fully saturated rings. The Morgan fingerprint density at radius 2 is 2.25 bits per heavy atom. The zero-order valence-corrected chi connectivity index (χ0v) is 15.1. The Hall–Kier alpha value is -1.91. The lowest BCUT2D eigenvalue weighted by Gasteiger charge is -2.20. The molecule has 0 aliphatic carbocycles. The van der Waals surface area contributed by atoms with Crippen molar-refractivity contribution in [2.75, 3.05) is 6.61 Å². The Kier molecular flexibility index (Phi) is 5.97. The van der Waals surface area contributed by atoms with Crippen molar-refractivity contribution in [2.24, 2.45) is 0 Å². The lowest BCUT2D eigenvalue weighted by Crippen LogP contribution is -2.49. The second kappa shape index (κ2) is 7.77. The molecule has 0 aliphatic heterocycles. The summed E-state index contributed by atoms with van der Waals surface area (Å²) in [6, 6.07) is 3.01. The van der Waals surface area contributed by atoms with Gasteiger partial charge < -0.3 is 19.6 Å². The highest BCUT2D eigenvalue weighted by Gasteiger charge is 2.25. The number of carboxylic acid groups (broad SMARTS) is 1. The van der Waals surface area contributed by atoms with Gasteiger partial charge in [-0.3, -0.25) is 0 Å². The summed E-state index contributed by atoms with van der Waals surface area (Å²) in [5, 5.41) is 11.3. The van der Waals surface area contributed by atoms with E-state index in [0.717, 1.165) is 0 Å².